The van der Waals surface area contributed by atoms with Crippen LogP contribution in [-0.2, 0) is 0 Å². The minimum absolute atomic E-state index is 0.704. The van der Waals surface area contributed by atoms with Crippen molar-refractivity contribution in [3.05, 3.63) is 23.2 Å². The molecule has 4 nitrogen and oxygen atoms in total. The number of piperidine rings is 1. The van der Waals surface area contributed by atoms with Crippen molar-refractivity contribution in [3.8, 4) is 0 Å². The molecule has 0 saturated carbocycles. The average molecular weight is 306 g/mol. The van der Waals surface area contributed by atoms with Crippen molar-refractivity contribution in [3.63, 3.8) is 0 Å². The van der Waals surface area contributed by atoms with Crippen LogP contribution in [0.2, 0.25) is 5.02 Å². The lowest BCUT2D eigenvalue weighted by Crippen LogP contribution is -2.43. The van der Waals surface area contributed by atoms with E-state index in [-0.39, 0.29) is 0 Å². The van der Waals surface area contributed by atoms with E-state index in [1.54, 1.807) is 0 Å². The molecule has 2 saturated heterocycles. The highest BCUT2D eigenvalue weighted by molar-refractivity contribution is 6.31. The Bertz CT molecular complexity index is 627. The van der Waals surface area contributed by atoms with Crippen LogP contribution in [0.3, 0.4) is 0 Å². The fourth-order valence-corrected chi connectivity index (χ4v) is 3.72. The molecular formula is C16H20ClN3O. The second-order valence-corrected chi connectivity index (χ2v) is 6.51. The van der Waals surface area contributed by atoms with Crippen molar-refractivity contribution in [2.75, 3.05) is 31.1 Å². The molecule has 0 aliphatic carbocycles. The quantitative estimate of drug-likeness (QED) is 0.849. The molecule has 0 atom stereocenters. The second-order valence-electron chi connectivity index (χ2n) is 6.07. The lowest BCUT2D eigenvalue weighted by molar-refractivity contribution is 0.206. The largest absolute Gasteiger partial charge is 0.423 e. The molecule has 2 aliphatic heterocycles. The van der Waals surface area contributed by atoms with Gasteiger partial charge in [-0.2, -0.15) is 4.98 Å². The molecule has 0 bridgehead atoms. The van der Waals surface area contributed by atoms with E-state index in [0.29, 0.717) is 5.02 Å². The maximum Gasteiger partial charge on any atom is 0.298 e. The van der Waals surface area contributed by atoms with Gasteiger partial charge in [-0.15, -0.1) is 0 Å². The van der Waals surface area contributed by atoms with Crippen LogP contribution in [0.5, 0.6) is 0 Å². The highest BCUT2D eigenvalue weighted by Crippen LogP contribution is 2.28. The summed E-state index contributed by atoms with van der Waals surface area (Å²) in [6, 6.07) is 7.10. The minimum atomic E-state index is 0.704. The van der Waals surface area contributed by atoms with Crippen molar-refractivity contribution in [1.82, 2.24) is 9.88 Å². The van der Waals surface area contributed by atoms with Crippen molar-refractivity contribution in [2.45, 2.75) is 31.7 Å². The number of hydrogen-bond donors (Lipinski definition) is 0. The molecule has 21 heavy (non-hydrogen) atoms. The zero-order valence-electron chi connectivity index (χ0n) is 12.1. The number of aromatic nitrogens is 1. The molecule has 0 amide bonds. The number of halogens is 1. The van der Waals surface area contributed by atoms with Crippen molar-refractivity contribution < 1.29 is 4.42 Å². The van der Waals surface area contributed by atoms with Crippen molar-refractivity contribution in [2.24, 2.45) is 0 Å². The van der Waals surface area contributed by atoms with Crippen molar-refractivity contribution in [1.29, 1.82) is 0 Å². The maximum absolute atomic E-state index is 6.00. The van der Waals surface area contributed by atoms with E-state index in [1.165, 1.54) is 38.8 Å². The van der Waals surface area contributed by atoms with Gasteiger partial charge in [0.15, 0.2) is 5.58 Å². The number of anilines is 1. The summed E-state index contributed by atoms with van der Waals surface area (Å²) >= 11 is 6.00. The third-order valence-electron chi connectivity index (χ3n) is 4.73. The van der Waals surface area contributed by atoms with Crippen LogP contribution in [0.4, 0.5) is 6.01 Å². The van der Waals surface area contributed by atoms with Gasteiger partial charge in [-0.3, -0.25) is 0 Å². The lowest BCUT2D eigenvalue weighted by Gasteiger charge is -2.35. The zero-order valence-corrected chi connectivity index (χ0v) is 12.9. The van der Waals surface area contributed by atoms with Crippen LogP contribution < -0.4 is 4.90 Å². The van der Waals surface area contributed by atoms with E-state index in [0.717, 1.165) is 36.2 Å². The highest BCUT2D eigenvalue weighted by atomic mass is 35.5. The summed E-state index contributed by atoms with van der Waals surface area (Å²) in [5.74, 6) is 0. The predicted octanol–water partition coefficient (Wildman–Crippen LogP) is 3.55. The first-order valence-electron chi connectivity index (χ1n) is 7.85. The summed E-state index contributed by atoms with van der Waals surface area (Å²) in [7, 11) is 0. The summed E-state index contributed by atoms with van der Waals surface area (Å²) in [5.41, 5.74) is 1.66. The standard InChI is InChI=1S/C16H20ClN3O/c17-12-3-4-15-14(11-12)18-16(21-15)20-9-5-13(6-10-20)19-7-1-2-8-19/h3-4,11,13H,1-2,5-10H2. The Kier molecular flexibility index (Phi) is 3.51. The number of benzene rings is 1. The highest BCUT2D eigenvalue weighted by Gasteiger charge is 2.28. The molecule has 2 aliphatic rings. The first-order chi connectivity index (χ1) is 10.3. The van der Waals surface area contributed by atoms with Crippen LogP contribution in [0.25, 0.3) is 11.1 Å². The number of likely N-dealkylation sites (tertiary alicyclic amines) is 1. The normalized spacial score (nSPS) is 21.5. The fourth-order valence-electron chi connectivity index (χ4n) is 3.55. The number of fused-ring (bicyclic) bond motifs is 1. The Balaban J connectivity index is 1.46. The molecule has 0 radical (unpaired) electrons. The second kappa shape index (κ2) is 5.50. The average Bonchev–Trinajstić information content (AvgIpc) is 3.16. The molecule has 2 aromatic rings. The van der Waals surface area contributed by atoms with Crippen LogP contribution in [0.1, 0.15) is 25.7 Å². The van der Waals surface area contributed by atoms with Gasteiger partial charge in [0, 0.05) is 24.2 Å². The van der Waals surface area contributed by atoms with Gasteiger partial charge < -0.3 is 14.2 Å². The SMILES string of the molecule is Clc1ccc2oc(N3CCC(N4CCCC4)CC3)nc2c1. The molecule has 112 valence electrons. The Morgan fingerprint density at radius 2 is 1.86 bits per heavy atom. The summed E-state index contributed by atoms with van der Waals surface area (Å²) < 4.78 is 5.87. The maximum atomic E-state index is 6.00. The third-order valence-corrected chi connectivity index (χ3v) is 4.97. The van der Waals surface area contributed by atoms with E-state index >= 15 is 0 Å². The van der Waals surface area contributed by atoms with Gasteiger partial charge in [0.05, 0.1) is 0 Å². The fraction of sp³-hybridized carbons (Fsp3) is 0.562. The van der Waals surface area contributed by atoms with Gasteiger partial charge in [-0.05, 0) is 57.0 Å². The van der Waals surface area contributed by atoms with E-state index in [9.17, 15) is 0 Å². The van der Waals surface area contributed by atoms with Crippen LogP contribution in [0.15, 0.2) is 22.6 Å². The van der Waals surface area contributed by atoms with Gasteiger partial charge in [0.1, 0.15) is 5.52 Å². The summed E-state index contributed by atoms with van der Waals surface area (Å²) in [5, 5.41) is 0.704. The zero-order chi connectivity index (χ0) is 14.2. The lowest BCUT2D eigenvalue weighted by atomic mass is 10.0. The Morgan fingerprint density at radius 1 is 1.10 bits per heavy atom. The third kappa shape index (κ3) is 2.62. The van der Waals surface area contributed by atoms with E-state index in [1.807, 2.05) is 18.2 Å². The number of oxazole rings is 1. The topological polar surface area (TPSA) is 32.5 Å². The van der Waals surface area contributed by atoms with Crippen LogP contribution in [-0.4, -0.2) is 42.1 Å². The first kappa shape index (κ1) is 13.4. The molecule has 2 fully saturated rings. The molecule has 5 heteroatoms. The minimum Gasteiger partial charge on any atom is -0.423 e. The molecule has 0 spiro atoms. The van der Waals surface area contributed by atoms with E-state index in [4.69, 9.17) is 16.0 Å². The number of rotatable bonds is 2. The van der Waals surface area contributed by atoms with Gasteiger partial charge in [-0.25, -0.2) is 0 Å². The first-order valence-corrected chi connectivity index (χ1v) is 8.22. The summed E-state index contributed by atoms with van der Waals surface area (Å²) in [6.45, 7) is 4.63. The molecule has 0 N–H and O–H groups in total. The predicted molar refractivity (Wildman–Crippen MR) is 85.1 cm³/mol. The van der Waals surface area contributed by atoms with Gasteiger partial charge >= 0.3 is 0 Å². The number of nitrogens with zero attached hydrogens (tertiary/aromatic N) is 3. The van der Waals surface area contributed by atoms with Gasteiger partial charge in [-0.1, -0.05) is 11.6 Å². The van der Waals surface area contributed by atoms with Crippen LogP contribution in [0, 0.1) is 0 Å². The molecule has 1 aromatic carbocycles. The molecule has 1 aromatic heterocycles. The number of hydrogen-bond acceptors (Lipinski definition) is 4. The van der Waals surface area contributed by atoms with Gasteiger partial charge in [0.25, 0.3) is 6.01 Å². The Morgan fingerprint density at radius 3 is 2.62 bits per heavy atom. The Labute approximate surface area is 129 Å². The monoisotopic (exact) mass is 305 g/mol. The van der Waals surface area contributed by atoms with Gasteiger partial charge in [0.2, 0.25) is 0 Å². The smallest absolute Gasteiger partial charge is 0.298 e. The summed E-state index contributed by atoms with van der Waals surface area (Å²) in [4.78, 5) is 9.50. The van der Waals surface area contributed by atoms with E-state index < -0.39 is 0 Å². The van der Waals surface area contributed by atoms with Crippen molar-refractivity contribution >= 4 is 28.7 Å². The molecule has 0 unspecified atom stereocenters. The molecular weight excluding hydrogens is 286 g/mol. The molecule has 3 heterocycles. The Hall–Kier alpha value is -1.26. The summed E-state index contributed by atoms with van der Waals surface area (Å²) in [6.07, 6.45) is 5.15. The molecule has 4 rings (SSSR count). The van der Waals surface area contributed by atoms with Crippen LogP contribution >= 0.6 is 11.6 Å². The van der Waals surface area contributed by atoms with E-state index in [2.05, 4.69) is 14.8 Å².